The van der Waals surface area contributed by atoms with Crippen molar-refractivity contribution in [3.8, 4) is 17.0 Å². The maximum Gasteiger partial charge on any atom is 0.331 e. The molecule has 0 N–H and O–H groups in total. The van der Waals surface area contributed by atoms with E-state index in [2.05, 4.69) is 0 Å². The molecule has 2 aromatic carbocycles. The normalized spacial score (nSPS) is 15.3. The minimum Gasteiger partial charge on any atom is -0.497 e. The summed E-state index contributed by atoms with van der Waals surface area (Å²) in [5.74, 6) is 0.667. The first-order chi connectivity index (χ1) is 16.3. The van der Waals surface area contributed by atoms with E-state index >= 15 is 0 Å². The number of aryl methyl sites for hydroxylation is 1. The van der Waals surface area contributed by atoms with Crippen LogP contribution in [0.5, 0.6) is 5.75 Å². The average Bonchev–Trinajstić information content (AvgIpc) is 3.21. The summed E-state index contributed by atoms with van der Waals surface area (Å²) in [5.41, 5.74) is 1.69. The number of aromatic nitrogens is 3. The van der Waals surface area contributed by atoms with Crippen LogP contribution >= 0.6 is 0 Å². The number of nitro benzene ring substituents is 1. The molecule has 10 heteroatoms. The zero-order valence-electron chi connectivity index (χ0n) is 18.8. The van der Waals surface area contributed by atoms with Gasteiger partial charge in [0.1, 0.15) is 11.9 Å². The van der Waals surface area contributed by atoms with E-state index in [0.29, 0.717) is 40.1 Å². The summed E-state index contributed by atoms with van der Waals surface area (Å²) in [7, 11) is 4.60. The van der Waals surface area contributed by atoms with E-state index in [1.54, 1.807) is 44.5 Å². The molecule has 0 aliphatic carbocycles. The van der Waals surface area contributed by atoms with Crippen LogP contribution in [0.25, 0.3) is 22.2 Å². The third-order valence-corrected chi connectivity index (χ3v) is 6.33. The monoisotopic (exact) mass is 462 g/mol. The molecule has 0 bridgehead atoms. The van der Waals surface area contributed by atoms with Crippen LogP contribution in [0, 0.1) is 10.1 Å². The number of methoxy groups -OCH3 is 1. The molecule has 0 amide bonds. The number of nitrogens with zero attached hydrogens (tertiary/aromatic N) is 4. The van der Waals surface area contributed by atoms with Gasteiger partial charge < -0.3 is 14.0 Å². The summed E-state index contributed by atoms with van der Waals surface area (Å²) in [5, 5.41) is 12.1. The summed E-state index contributed by atoms with van der Waals surface area (Å²) in [4.78, 5) is 37.6. The van der Waals surface area contributed by atoms with Gasteiger partial charge in [0.2, 0.25) is 0 Å². The summed E-state index contributed by atoms with van der Waals surface area (Å²) in [6, 6.07) is 13.7. The second kappa shape index (κ2) is 7.99. The van der Waals surface area contributed by atoms with Crippen LogP contribution in [0.2, 0.25) is 0 Å². The van der Waals surface area contributed by atoms with Gasteiger partial charge in [-0.15, -0.1) is 0 Å². The number of hydrogen-bond donors (Lipinski definition) is 0. The van der Waals surface area contributed by atoms with Crippen molar-refractivity contribution in [1.29, 1.82) is 0 Å². The molecule has 1 atom stereocenters. The molecule has 34 heavy (non-hydrogen) atoms. The molecule has 1 aliphatic rings. The lowest BCUT2D eigenvalue weighted by Gasteiger charge is -2.27. The lowest BCUT2D eigenvalue weighted by atomic mass is 10.0. The van der Waals surface area contributed by atoms with Crippen molar-refractivity contribution in [2.75, 3.05) is 13.7 Å². The SMILES string of the molecule is COc1ccc(-c2c3c(=O)n(C)c(=O)n(C)c3c3n2CCO[C@@H]3c2ccccc2[N+](=O)[O-])cc1. The standard InChI is InChI=1S/C24H22N4O6/c1-25-20-18(23(29)26(2)24(25)30)19(14-8-10-15(33-3)11-9-14)27-12-13-34-22(21(20)27)16-6-4-5-7-17(16)28(31)32/h4-11,22H,12-13H2,1-3H3/t22-/m1/s1. The van der Waals surface area contributed by atoms with Crippen molar-refractivity contribution in [1.82, 2.24) is 13.7 Å². The van der Waals surface area contributed by atoms with Crippen molar-refractivity contribution >= 4 is 16.6 Å². The highest BCUT2D eigenvalue weighted by Crippen LogP contribution is 2.42. The molecule has 0 spiro atoms. The lowest BCUT2D eigenvalue weighted by molar-refractivity contribution is -0.386. The van der Waals surface area contributed by atoms with Crippen LogP contribution in [0.1, 0.15) is 17.4 Å². The predicted molar refractivity (Wildman–Crippen MR) is 125 cm³/mol. The number of para-hydroxylation sites is 1. The van der Waals surface area contributed by atoms with Crippen LogP contribution in [0.15, 0.2) is 58.1 Å². The van der Waals surface area contributed by atoms with Crippen molar-refractivity contribution in [3.05, 3.63) is 90.7 Å². The Kier molecular flexibility index (Phi) is 5.09. The highest BCUT2D eigenvalue weighted by atomic mass is 16.6. The third-order valence-electron chi connectivity index (χ3n) is 6.33. The van der Waals surface area contributed by atoms with Crippen molar-refractivity contribution < 1.29 is 14.4 Å². The first-order valence-electron chi connectivity index (χ1n) is 10.7. The minimum atomic E-state index is -0.831. The quantitative estimate of drug-likeness (QED) is 0.341. The Bertz CT molecular complexity index is 1560. The number of fused-ring (bicyclic) bond motifs is 3. The van der Waals surface area contributed by atoms with Gasteiger partial charge in [-0.1, -0.05) is 12.1 Å². The Morgan fingerprint density at radius 3 is 2.44 bits per heavy atom. The topological polar surface area (TPSA) is 111 Å². The molecule has 174 valence electrons. The van der Waals surface area contributed by atoms with Gasteiger partial charge in [-0.05, 0) is 35.9 Å². The summed E-state index contributed by atoms with van der Waals surface area (Å²) in [6.07, 6.45) is -0.831. The van der Waals surface area contributed by atoms with E-state index in [9.17, 15) is 19.7 Å². The molecular weight excluding hydrogens is 440 g/mol. The number of hydrogen-bond acceptors (Lipinski definition) is 6. The van der Waals surface area contributed by atoms with Crippen LogP contribution in [-0.4, -0.2) is 32.3 Å². The summed E-state index contributed by atoms with van der Waals surface area (Å²) in [6.45, 7) is 0.696. The van der Waals surface area contributed by atoms with Crippen molar-refractivity contribution in [2.24, 2.45) is 14.1 Å². The molecule has 1 aliphatic heterocycles. The maximum absolute atomic E-state index is 13.4. The highest BCUT2D eigenvalue weighted by Gasteiger charge is 2.35. The zero-order valence-corrected chi connectivity index (χ0v) is 18.8. The Morgan fingerprint density at radius 2 is 1.76 bits per heavy atom. The fourth-order valence-electron chi connectivity index (χ4n) is 4.74. The number of ether oxygens (including phenoxy) is 2. The van der Waals surface area contributed by atoms with Gasteiger partial charge in [-0.3, -0.25) is 24.0 Å². The molecule has 0 saturated heterocycles. The predicted octanol–water partition coefficient (Wildman–Crippen LogP) is 2.74. The molecule has 0 unspecified atom stereocenters. The minimum absolute atomic E-state index is 0.0878. The molecule has 0 fully saturated rings. The van der Waals surface area contributed by atoms with Gasteiger partial charge in [-0.2, -0.15) is 0 Å². The maximum atomic E-state index is 13.4. The smallest absolute Gasteiger partial charge is 0.331 e. The Balaban J connectivity index is 1.92. The Morgan fingerprint density at radius 1 is 1.06 bits per heavy atom. The molecule has 2 aromatic heterocycles. The van der Waals surface area contributed by atoms with Crippen molar-refractivity contribution in [3.63, 3.8) is 0 Å². The highest BCUT2D eigenvalue weighted by molar-refractivity contribution is 5.96. The second-order valence-electron chi connectivity index (χ2n) is 8.11. The average molecular weight is 462 g/mol. The Labute approximate surface area is 193 Å². The van der Waals surface area contributed by atoms with E-state index in [1.165, 1.54) is 17.7 Å². The van der Waals surface area contributed by atoms with E-state index in [0.717, 1.165) is 10.1 Å². The van der Waals surface area contributed by atoms with Gasteiger partial charge >= 0.3 is 5.69 Å². The molecular formula is C24H22N4O6. The molecule has 4 aromatic rings. The van der Waals surface area contributed by atoms with Gasteiger partial charge in [0, 0.05) is 26.7 Å². The van der Waals surface area contributed by atoms with Crippen molar-refractivity contribution in [2.45, 2.75) is 12.6 Å². The summed E-state index contributed by atoms with van der Waals surface area (Å²) < 4.78 is 15.8. The van der Waals surface area contributed by atoms with Crippen LogP contribution in [0.4, 0.5) is 5.69 Å². The second-order valence-corrected chi connectivity index (χ2v) is 8.11. The van der Waals surface area contributed by atoms with Crippen LogP contribution < -0.4 is 16.0 Å². The van der Waals surface area contributed by atoms with E-state index in [1.807, 2.05) is 16.7 Å². The fourth-order valence-corrected chi connectivity index (χ4v) is 4.74. The molecule has 0 radical (unpaired) electrons. The third kappa shape index (κ3) is 3.06. The number of rotatable bonds is 4. The van der Waals surface area contributed by atoms with E-state index < -0.39 is 22.3 Å². The van der Waals surface area contributed by atoms with E-state index in [4.69, 9.17) is 9.47 Å². The first kappa shape index (κ1) is 21.7. The lowest BCUT2D eigenvalue weighted by Crippen LogP contribution is -2.37. The first-order valence-corrected chi connectivity index (χ1v) is 10.7. The van der Waals surface area contributed by atoms with Gasteiger partial charge in [0.15, 0.2) is 0 Å². The number of nitro groups is 1. The largest absolute Gasteiger partial charge is 0.497 e. The molecule has 5 rings (SSSR count). The molecule has 10 nitrogen and oxygen atoms in total. The van der Waals surface area contributed by atoms with Crippen LogP contribution in [-0.2, 0) is 25.4 Å². The fraction of sp³-hybridized carbons (Fsp3) is 0.250. The van der Waals surface area contributed by atoms with Crippen LogP contribution in [0.3, 0.4) is 0 Å². The van der Waals surface area contributed by atoms with E-state index in [-0.39, 0.29) is 12.3 Å². The van der Waals surface area contributed by atoms with Gasteiger partial charge in [0.05, 0.1) is 46.5 Å². The van der Waals surface area contributed by atoms with Gasteiger partial charge in [-0.25, -0.2) is 4.79 Å². The number of benzene rings is 2. The van der Waals surface area contributed by atoms with Gasteiger partial charge in [0.25, 0.3) is 11.2 Å². The molecule has 0 saturated carbocycles. The molecule has 3 heterocycles. The zero-order chi connectivity index (χ0) is 24.1. The Hall–Kier alpha value is -4.18. The summed E-state index contributed by atoms with van der Waals surface area (Å²) >= 11 is 0.